The van der Waals surface area contributed by atoms with Crippen molar-refractivity contribution < 1.29 is 29.4 Å². The van der Waals surface area contributed by atoms with E-state index in [2.05, 4.69) is 25.9 Å². The van der Waals surface area contributed by atoms with Crippen LogP contribution in [0.25, 0.3) is 0 Å². The molecule has 12 nitrogen and oxygen atoms in total. The summed E-state index contributed by atoms with van der Waals surface area (Å²) in [5, 5.41) is 25.7. The Bertz CT molecular complexity index is 982. The minimum atomic E-state index is -1.52. The number of nitrogens with zero attached hydrogens (tertiary/aromatic N) is 1. The summed E-state index contributed by atoms with van der Waals surface area (Å²) >= 11 is 0. The molecule has 8 N–H and O–H groups in total. The highest BCUT2D eigenvalue weighted by Gasteiger charge is 2.32. The number of carboxylic acid groups (broad SMARTS) is 1. The summed E-state index contributed by atoms with van der Waals surface area (Å²) in [5.74, 6) is -3.82. The molecular weight excluding hydrogens is 456 g/mol. The summed E-state index contributed by atoms with van der Waals surface area (Å²) in [6.07, 6.45) is 3.25. The fourth-order valence-electron chi connectivity index (χ4n) is 3.30. The first kappa shape index (κ1) is 27.5. The molecule has 4 unspecified atom stereocenters. The van der Waals surface area contributed by atoms with Crippen LogP contribution >= 0.6 is 0 Å². The van der Waals surface area contributed by atoms with E-state index in [1.165, 1.54) is 12.5 Å². The third kappa shape index (κ3) is 8.50. The van der Waals surface area contributed by atoms with Gasteiger partial charge in [0.15, 0.2) is 0 Å². The Morgan fingerprint density at radius 2 is 1.63 bits per heavy atom. The van der Waals surface area contributed by atoms with Crippen LogP contribution in [-0.2, 0) is 32.0 Å². The van der Waals surface area contributed by atoms with Gasteiger partial charge in [0.05, 0.1) is 19.0 Å². The minimum absolute atomic E-state index is 0.0520. The van der Waals surface area contributed by atoms with E-state index in [-0.39, 0.29) is 12.8 Å². The highest BCUT2D eigenvalue weighted by Crippen LogP contribution is 2.07. The number of aliphatic carboxylic acids is 1. The topological polar surface area (TPSA) is 200 Å². The van der Waals surface area contributed by atoms with Crippen LogP contribution in [0.1, 0.15) is 25.1 Å². The Labute approximate surface area is 202 Å². The molecule has 12 heteroatoms. The van der Waals surface area contributed by atoms with Crippen LogP contribution in [0.2, 0.25) is 0 Å². The van der Waals surface area contributed by atoms with E-state index >= 15 is 0 Å². The number of nitrogens with one attached hydrogen (secondary N) is 4. The van der Waals surface area contributed by atoms with Gasteiger partial charge in [-0.1, -0.05) is 44.2 Å². The molecule has 0 radical (unpaired) electrons. The molecule has 0 aliphatic rings. The number of aromatic nitrogens is 2. The van der Waals surface area contributed by atoms with E-state index in [0.717, 1.165) is 5.56 Å². The molecule has 1 aromatic carbocycles. The average Bonchev–Trinajstić information content (AvgIpc) is 3.33. The van der Waals surface area contributed by atoms with E-state index in [9.17, 15) is 24.3 Å². The number of rotatable bonds is 13. The number of carbonyl (C=O) groups is 4. The van der Waals surface area contributed by atoms with Crippen LogP contribution in [-0.4, -0.2) is 74.6 Å². The molecule has 35 heavy (non-hydrogen) atoms. The Morgan fingerprint density at radius 1 is 0.971 bits per heavy atom. The zero-order chi connectivity index (χ0) is 26.0. The number of H-pyrrole nitrogens is 1. The monoisotopic (exact) mass is 488 g/mol. The quantitative estimate of drug-likeness (QED) is 0.180. The standard InChI is InChI=1S/C23H32N6O6/c1-13(2)19(22(33)28-18(11-30)23(34)35)29-21(32)17(9-15-10-25-12-26-15)27-20(31)16(24)8-14-6-4-3-5-7-14/h3-7,10,12-13,16-19,30H,8-9,11,24H2,1-2H3,(H,25,26)(H,27,31)(H,28,33)(H,29,32)(H,34,35). The Kier molecular flexibility index (Phi) is 10.4. The van der Waals surface area contributed by atoms with Gasteiger partial charge >= 0.3 is 5.97 Å². The van der Waals surface area contributed by atoms with Gasteiger partial charge in [0.25, 0.3) is 0 Å². The summed E-state index contributed by atoms with van der Waals surface area (Å²) in [5.41, 5.74) is 7.49. The SMILES string of the molecule is CC(C)C(NC(=O)C(Cc1cnc[nH]1)NC(=O)C(N)Cc1ccccc1)C(=O)NC(CO)C(=O)O. The first-order valence-corrected chi connectivity index (χ1v) is 11.1. The molecule has 3 amide bonds. The summed E-state index contributed by atoms with van der Waals surface area (Å²) in [6.45, 7) is 2.52. The number of imidazole rings is 1. The van der Waals surface area contributed by atoms with Crippen molar-refractivity contribution in [1.29, 1.82) is 0 Å². The van der Waals surface area contributed by atoms with Crippen LogP contribution in [0.4, 0.5) is 0 Å². The maximum absolute atomic E-state index is 13.1. The highest BCUT2D eigenvalue weighted by molar-refractivity contribution is 5.94. The Balaban J connectivity index is 2.14. The highest BCUT2D eigenvalue weighted by atomic mass is 16.4. The maximum atomic E-state index is 13.1. The van der Waals surface area contributed by atoms with Crippen molar-refractivity contribution in [2.24, 2.45) is 11.7 Å². The van der Waals surface area contributed by atoms with Gasteiger partial charge in [0.1, 0.15) is 18.1 Å². The molecule has 190 valence electrons. The van der Waals surface area contributed by atoms with Gasteiger partial charge in [0.2, 0.25) is 17.7 Å². The molecule has 0 saturated heterocycles. The average molecular weight is 489 g/mol. The van der Waals surface area contributed by atoms with Crippen molar-refractivity contribution in [2.45, 2.75) is 50.9 Å². The fraction of sp³-hybridized carbons (Fsp3) is 0.435. The van der Waals surface area contributed by atoms with E-state index in [0.29, 0.717) is 5.69 Å². The van der Waals surface area contributed by atoms with Gasteiger partial charge in [-0.05, 0) is 17.9 Å². The lowest BCUT2D eigenvalue weighted by Crippen LogP contribution is -2.59. The number of benzene rings is 1. The minimum Gasteiger partial charge on any atom is -0.480 e. The van der Waals surface area contributed by atoms with Gasteiger partial charge < -0.3 is 36.9 Å². The second kappa shape index (κ2) is 13.2. The van der Waals surface area contributed by atoms with Crippen molar-refractivity contribution in [2.75, 3.05) is 6.61 Å². The third-order valence-electron chi connectivity index (χ3n) is 5.29. The normalized spacial score (nSPS) is 14.4. The van der Waals surface area contributed by atoms with Crippen LogP contribution < -0.4 is 21.7 Å². The fourth-order valence-corrected chi connectivity index (χ4v) is 3.30. The van der Waals surface area contributed by atoms with E-state index in [1.807, 2.05) is 30.3 Å². The third-order valence-corrected chi connectivity index (χ3v) is 5.29. The van der Waals surface area contributed by atoms with E-state index in [1.54, 1.807) is 13.8 Å². The summed E-state index contributed by atoms with van der Waals surface area (Å²) < 4.78 is 0. The molecule has 1 aromatic heterocycles. The van der Waals surface area contributed by atoms with Gasteiger partial charge in [-0.25, -0.2) is 9.78 Å². The lowest BCUT2D eigenvalue weighted by molar-refractivity contribution is -0.143. The zero-order valence-corrected chi connectivity index (χ0v) is 19.6. The summed E-state index contributed by atoms with van der Waals surface area (Å²) in [6, 6.07) is 4.54. The number of carboxylic acids is 1. The molecule has 0 aliphatic heterocycles. The van der Waals surface area contributed by atoms with Crippen LogP contribution in [0.3, 0.4) is 0 Å². The number of amides is 3. The van der Waals surface area contributed by atoms with Gasteiger partial charge in [0, 0.05) is 18.3 Å². The number of aromatic amines is 1. The molecule has 0 fully saturated rings. The molecule has 2 aromatic rings. The lowest BCUT2D eigenvalue weighted by atomic mass is 10.0. The zero-order valence-electron chi connectivity index (χ0n) is 19.6. The largest absolute Gasteiger partial charge is 0.480 e. The smallest absolute Gasteiger partial charge is 0.328 e. The number of carbonyl (C=O) groups excluding carboxylic acids is 3. The van der Waals surface area contributed by atoms with Crippen LogP contribution in [0, 0.1) is 5.92 Å². The molecule has 0 aliphatic carbocycles. The van der Waals surface area contributed by atoms with E-state index < -0.39 is 60.4 Å². The first-order chi connectivity index (χ1) is 16.6. The second-order valence-electron chi connectivity index (χ2n) is 8.45. The van der Waals surface area contributed by atoms with Gasteiger partial charge in [-0.15, -0.1) is 0 Å². The van der Waals surface area contributed by atoms with E-state index in [4.69, 9.17) is 10.8 Å². The second-order valence-corrected chi connectivity index (χ2v) is 8.45. The Morgan fingerprint density at radius 3 is 2.17 bits per heavy atom. The Hall–Kier alpha value is -3.77. The van der Waals surface area contributed by atoms with Gasteiger partial charge in [-0.2, -0.15) is 0 Å². The number of nitrogens with two attached hydrogens (primary N) is 1. The number of aliphatic hydroxyl groups is 1. The molecule has 0 spiro atoms. The van der Waals surface area contributed by atoms with Crippen molar-refractivity contribution in [3.63, 3.8) is 0 Å². The number of hydrogen-bond acceptors (Lipinski definition) is 7. The molecular formula is C23H32N6O6. The first-order valence-electron chi connectivity index (χ1n) is 11.1. The molecule has 0 bridgehead atoms. The molecule has 1 heterocycles. The molecule has 4 atom stereocenters. The predicted octanol–water partition coefficient (Wildman–Crippen LogP) is -1.29. The van der Waals surface area contributed by atoms with Crippen LogP contribution in [0.15, 0.2) is 42.9 Å². The van der Waals surface area contributed by atoms with Crippen molar-refractivity contribution in [1.82, 2.24) is 25.9 Å². The van der Waals surface area contributed by atoms with Crippen molar-refractivity contribution in [3.05, 3.63) is 54.1 Å². The summed E-state index contributed by atoms with van der Waals surface area (Å²) in [7, 11) is 0. The summed E-state index contributed by atoms with van der Waals surface area (Å²) in [4.78, 5) is 56.5. The molecule has 0 saturated carbocycles. The van der Waals surface area contributed by atoms with Crippen molar-refractivity contribution in [3.8, 4) is 0 Å². The number of aliphatic hydroxyl groups excluding tert-OH is 1. The lowest BCUT2D eigenvalue weighted by Gasteiger charge is -2.26. The maximum Gasteiger partial charge on any atom is 0.328 e. The van der Waals surface area contributed by atoms with Crippen LogP contribution in [0.5, 0.6) is 0 Å². The molecule has 2 rings (SSSR count). The van der Waals surface area contributed by atoms with Crippen molar-refractivity contribution >= 4 is 23.7 Å². The number of hydrogen-bond donors (Lipinski definition) is 7. The predicted molar refractivity (Wildman–Crippen MR) is 126 cm³/mol. The van der Waals surface area contributed by atoms with Gasteiger partial charge in [-0.3, -0.25) is 14.4 Å².